The highest BCUT2D eigenvalue weighted by Gasteiger charge is 2.14. The molecular formula is C12H12ClN3. The lowest BCUT2D eigenvalue weighted by molar-refractivity contribution is 0.636. The van der Waals surface area contributed by atoms with Crippen LogP contribution in [-0.2, 0) is 0 Å². The lowest BCUT2D eigenvalue weighted by Crippen LogP contribution is -2.29. The standard InChI is InChI=1S/C12H12ClN3/c13-11-8-15-7-6-10(11)12(16-14)9-4-2-1-3-5-9/h1-8,12,16H,14H2. The summed E-state index contributed by atoms with van der Waals surface area (Å²) in [7, 11) is 0. The summed E-state index contributed by atoms with van der Waals surface area (Å²) < 4.78 is 0. The van der Waals surface area contributed by atoms with Gasteiger partial charge >= 0.3 is 0 Å². The van der Waals surface area contributed by atoms with Gasteiger partial charge in [0.15, 0.2) is 0 Å². The van der Waals surface area contributed by atoms with E-state index in [1.807, 2.05) is 36.4 Å². The van der Waals surface area contributed by atoms with Crippen molar-refractivity contribution in [3.05, 3.63) is 64.9 Å². The van der Waals surface area contributed by atoms with Crippen molar-refractivity contribution in [2.45, 2.75) is 6.04 Å². The van der Waals surface area contributed by atoms with E-state index < -0.39 is 0 Å². The number of pyridine rings is 1. The number of rotatable bonds is 3. The monoisotopic (exact) mass is 233 g/mol. The van der Waals surface area contributed by atoms with Crippen LogP contribution in [0.5, 0.6) is 0 Å². The number of hydrazine groups is 1. The number of halogens is 1. The molecule has 3 nitrogen and oxygen atoms in total. The van der Waals surface area contributed by atoms with Crippen LogP contribution in [0.15, 0.2) is 48.8 Å². The number of benzene rings is 1. The van der Waals surface area contributed by atoms with Gasteiger partial charge in [-0.3, -0.25) is 10.8 Å². The van der Waals surface area contributed by atoms with Gasteiger partial charge in [-0.15, -0.1) is 0 Å². The molecule has 0 bridgehead atoms. The second kappa shape index (κ2) is 5.07. The molecule has 1 heterocycles. The van der Waals surface area contributed by atoms with Crippen molar-refractivity contribution in [2.24, 2.45) is 5.84 Å². The predicted molar refractivity (Wildman–Crippen MR) is 64.9 cm³/mol. The Hall–Kier alpha value is -1.42. The lowest BCUT2D eigenvalue weighted by Gasteiger charge is -2.17. The molecular weight excluding hydrogens is 222 g/mol. The van der Waals surface area contributed by atoms with E-state index in [1.165, 1.54) is 0 Å². The summed E-state index contributed by atoms with van der Waals surface area (Å²) in [5.74, 6) is 5.58. The maximum Gasteiger partial charge on any atom is 0.0725 e. The van der Waals surface area contributed by atoms with Gasteiger partial charge in [-0.2, -0.15) is 0 Å². The van der Waals surface area contributed by atoms with Crippen molar-refractivity contribution in [3.8, 4) is 0 Å². The second-order valence-corrected chi connectivity index (χ2v) is 3.81. The molecule has 2 rings (SSSR count). The average Bonchev–Trinajstić information content (AvgIpc) is 2.34. The summed E-state index contributed by atoms with van der Waals surface area (Å²) in [5, 5.41) is 0.606. The molecule has 4 heteroatoms. The third-order valence-electron chi connectivity index (χ3n) is 2.41. The Labute approximate surface area is 99.2 Å². The zero-order valence-corrected chi connectivity index (χ0v) is 9.35. The summed E-state index contributed by atoms with van der Waals surface area (Å²) in [4.78, 5) is 3.95. The van der Waals surface area contributed by atoms with E-state index in [0.717, 1.165) is 11.1 Å². The van der Waals surface area contributed by atoms with Gasteiger partial charge in [0.25, 0.3) is 0 Å². The normalized spacial score (nSPS) is 12.4. The molecule has 0 fully saturated rings. The van der Waals surface area contributed by atoms with Crippen LogP contribution in [0.2, 0.25) is 5.02 Å². The minimum atomic E-state index is -0.114. The first-order valence-electron chi connectivity index (χ1n) is 4.93. The van der Waals surface area contributed by atoms with Gasteiger partial charge in [0.2, 0.25) is 0 Å². The van der Waals surface area contributed by atoms with Crippen molar-refractivity contribution in [1.29, 1.82) is 0 Å². The van der Waals surface area contributed by atoms with Gasteiger partial charge in [-0.05, 0) is 17.2 Å². The van der Waals surface area contributed by atoms with E-state index in [4.69, 9.17) is 17.4 Å². The summed E-state index contributed by atoms with van der Waals surface area (Å²) in [6, 6.07) is 11.6. The van der Waals surface area contributed by atoms with Crippen LogP contribution in [-0.4, -0.2) is 4.98 Å². The molecule has 0 radical (unpaired) electrons. The highest BCUT2D eigenvalue weighted by molar-refractivity contribution is 6.31. The molecule has 0 aliphatic carbocycles. The average molecular weight is 234 g/mol. The van der Waals surface area contributed by atoms with Crippen molar-refractivity contribution in [2.75, 3.05) is 0 Å². The zero-order chi connectivity index (χ0) is 11.4. The van der Waals surface area contributed by atoms with Gasteiger partial charge in [0.05, 0.1) is 11.1 Å². The molecule has 2 aromatic rings. The van der Waals surface area contributed by atoms with Gasteiger partial charge < -0.3 is 0 Å². The molecule has 1 atom stereocenters. The molecule has 1 unspecified atom stereocenters. The summed E-state index contributed by atoms with van der Waals surface area (Å²) in [5.41, 5.74) is 4.75. The number of hydrogen-bond donors (Lipinski definition) is 2. The number of hydrogen-bond acceptors (Lipinski definition) is 3. The van der Waals surface area contributed by atoms with Crippen LogP contribution >= 0.6 is 11.6 Å². The summed E-state index contributed by atoms with van der Waals surface area (Å²) in [6.45, 7) is 0. The molecule has 0 aliphatic heterocycles. The van der Waals surface area contributed by atoms with E-state index in [9.17, 15) is 0 Å². The van der Waals surface area contributed by atoms with Crippen LogP contribution < -0.4 is 11.3 Å². The van der Waals surface area contributed by atoms with Crippen molar-refractivity contribution in [3.63, 3.8) is 0 Å². The van der Waals surface area contributed by atoms with E-state index >= 15 is 0 Å². The highest BCUT2D eigenvalue weighted by Crippen LogP contribution is 2.26. The molecule has 82 valence electrons. The maximum absolute atomic E-state index is 6.09. The highest BCUT2D eigenvalue weighted by atomic mass is 35.5. The quantitative estimate of drug-likeness (QED) is 0.632. The molecule has 0 saturated carbocycles. The fourth-order valence-electron chi connectivity index (χ4n) is 1.63. The zero-order valence-electron chi connectivity index (χ0n) is 8.60. The van der Waals surface area contributed by atoms with Crippen molar-refractivity contribution in [1.82, 2.24) is 10.4 Å². The van der Waals surface area contributed by atoms with Crippen LogP contribution in [0.25, 0.3) is 0 Å². The largest absolute Gasteiger partial charge is 0.271 e. The first kappa shape index (κ1) is 11.1. The minimum absolute atomic E-state index is 0.114. The Balaban J connectivity index is 2.41. The fourth-order valence-corrected chi connectivity index (χ4v) is 1.86. The number of nitrogens with one attached hydrogen (secondary N) is 1. The van der Waals surface area contributed by atoms with Crippen molar-refractivity contribution >= 4 is 11.6 Å². The van der Waals surface area contributed by atoms with E-state index in [-0.39, 0.29) is 6.04 Å². The second-order valence-electron chi connectivity index (χ2n) is 3.41. The van der Waals surface area contributed by atoms with Crippen molar-refractivity contribution < 1.29 is 0 Å². The fraction of sp³-hybridized carbons (Fsp3) is 0.0833. The van der Waals surface area contributed by atoms with Crippen LogP contribution in [0.1, 0.15) is 17.2 Å². The minimum Gasteiger partial charge on any atom is -0.271 e. The van der Waals surface area contributed by atoms with Gasteiger partial charge in [0.1, 0.15) is 0 Å². The topological polar surface area (TPSA) is 50.9 Å². The Morgan fingerprint density at radius 2 is 1.94 bits per heavy atom. The van der Waals surface area contributed by atoms with Crippen LogP contribution in [0.4, 0.5) is 0 Å². The molecule has 0 amide bonds. The first-order valence-corrected chi connectivity index (χ1v) is 5.31. The maximum atomic E-state index is 6.09. The van der Waals surface area contributed by atoms with Gasteiger partial charge in [-0.25, -0.2) is 5.43 Å². The van der Waals surface area contributed by atoms with Gasteiger partial charge in [0, 0.05) is 12.4 Å². The molecule has 1 aromatic carbocycles. The summed E-state index contributed by atoms with van der Waals surface area (Å²) in [6.07, 6.45) is 3.32. The molecule has 0 spiro atoms. The SMILES string of the molecule is NNC(c1ccccc1)c1ccncc1Cl. The Morgan fingerprint density at radius 1 is 1.19 bits per heavy atom. The number of aromatic nitrogens is 1. The van der Waals surface area contributed by atoms with Gasteiger partial charge in [-0.1, -0.05) is 41.9 Å². The third kappa shape index (κ3) is 2.22. The molecule has 1 aromatic heterocycles. The molecule has 0 aliphatic rings. The van der Waals surface area contributed by atoms with E-state index in [1.54, 1.807) is 12.4 Å². The third-order valence-corrected chi connectivity index (χ3v) is 2.73. The molecule has 3 N–H and O–H groups in total. The Bertz CT molecular complexity index is 459. The predicted octanol–water partition coefficient (Wildman–Crippen LogP) is 2.29. The Morgan fingerprint density at radius 3 is 2.56 bits per heavy atom. The van der Waals surface area contributed by atoms with Crippen LogP contribution in [0.3, 0.4) is 0 Å². The number of nitrogens with two attached hydrogens (primary N) is 1. The molecule has 16 heavy (non-hydrogen) atoms. The molecule has 0 saturated heterocycles. The van der Waals surface area contributed by atoms with E-state index in [0.29, 0.717) is 5.02 Å². The number of nitrogens with zero attached hydrogens (tertiary/aromatic N) is 1. The van der Waals surface area contributed by atoms with E-state index in [2.05, 4.69) is 10.4 Å². The lowest BCUT2D eigenvalue weighted by atomic mass is 10.0. The first-order chi connectivity index (χ1) is 7.83. The Kier molecular flexibility index (Phi) is 3.51. The smallest absolute Gasteiger partial charge is 0.0725 e. The summed E-state index contributed by atoms with van der Waals surface area (Å²) >= 11 is 6.09. The van der Waals surface area contributed by atoms with Crippen LogP contribution in [0, 0.1) is 0 Å².